The number of ether oxygens (including phenoxy) is 3. The van der Waals surface area contributed by atoms with Crippen molar-refractivity contribution in [1.82, 2.24) is 10.2 Å². The van der Waals surface area contributed by atoms with E-state index in [1.54, 1.807) is 22.7 Å². The van der Waals surface area contributed by atoms with E-state index < -0.39 is 11.9 Å². The minimum Gasteiger partial charge on any atom is -0.378 e. The van der Waals surface area contributed by atoms with E-state index in [9.17, 15) is 14.4 Å². The average Bonchev–Trinajstić information content (AvgIpc) is 3.09. The number of carbonyl (C=O) groups is 3. The predicted molar refractivity (Wildman–Crippen MR) is 125 cm³/mol. The first kappa shape index (κ1) is 24.4. The second-order valence-corrected chi connectivity index (χ2v) is 9.27. The molecule has 0 aliphatic carbocycles. The van der Waals surface area contributed by atoms with Crippen LogP contribution >= 0.6 is 34.4 Å². The number of halogens is 1. The van der Waals surface area contributed by atoms with E-state index in [1.807, 2.05) is 12.1 Å². The first-order valence-corrected chi connectivity index (χ1v) is 12.8. The number of carbonyl (C=O) groups excluding carboxylic acids is 3. The number of thioether (sulfide) groups is 1. The number of hydrogen-bond acceptors (Lipinski definition) is 7. The second kappa shape index (κ2) is 12.7. The Kier molecular flexibility index (Phi) is 10.0. The Labute approximate surface area is 199 Å². The lowest BCUT2D eigenvalue weighted by Gasteiger charge is -2.29. The third-order valence-electron chi connectivity index (χ3n) is 4.99. The van der Waals surface area contributed by atoms with Crippen LogP contribution in [0.4, 0.5) is 0 Å². The van der Waals surface area contributed by atoms with Gasteiger partial charge in [0, 0.05) is 33.6 Å². The molecule has 10 heteroatoms. The molecule has 1 aromatic rings. The van der Waals surface area contributed by atoms with Crippen LogP contribution in [0.25, 0.3) is 0 Å². The normalized spacial score (nSPS) is 18.4. The molecule has 1 N–H and O–H groups in total. The third-order valence-corrected chi connectivity index (χ3v) is 6.49. The van der Waals surface area contributed by atoms with Gasteiger partial charge in [-0.05, 0) is 24.1 Å². The lowest BCUT2D eigenvalue weighted by atomic mass is 10.0. The maximum Gasteiger partial charge on any atom is 0.255 e. The summed E-state index contributed by atoms with van der Waals surface area (Å²) >= 11 is 3.90. The number of alkyl halides is 1. The molecule has 1 unspecified atom stereocenters. The van der Waals surface area contributed by atoms with Crippen molar-refractivity contribution in [3.63, 3.8) is 0 Å². The molecule has 170 valence electrons. The number of amides is 3. The molecular formula is C21H27IN2O6S. The van der Waals surface area contributed by atoms with Crippen molar-refractivity contribution in [2.24, 2.45) is 0 Å². The molecule has 0 aromatic heterocycles. The van der Waals surface area contributed by atoms with Gasteiger partial charge in [-0.2, -0.15) is 0 Å². The smallest absolute Gasteiger partial charge is 0.255 e. The summed E-state index contributed by atoms with van der Waals surface area (Å²) in [4.78, 5) is 39.0. The Morgan fingerprint density at radius 2 is 1.74 bits per heavy atom. The zero-order valence-corrected chi connectivity index (χ0v) is 20.2. The molecule has 0 radical (unpaired) electrons. The Balaban J connectivity index is 1.40. The van der Waals surface area contributed by atoms with E-state index in [-0.39, 0.29) is 18.2 Å². The molecule has 1 fully saturated rings. The molecule has 3 amide bonds. The van der Waals surface area contributed by atoms with Gasteiger partial charge in [0.1, 0.15) is 6.04 Å². The summed E-state index contributed by atoms with van der Waals surface area (Å²) in [6.07, 6.45) is 0.623. The molecule has 0 bridgehead atoms. The van der Waals surface area contributed by atoms with E-state index in [0.29, 0.717) is 51.6 Å². The summed E-state index contributed by atoms with van der Waals surface area (Å²) < 4.78 is 17.4. The Bertz CT molecular complexity index is 793. The number of fused-ring (bicyclic) bond motifs is 1. The summed E-state index contributed by atoms with van der Waals surface area (Å²) in [5, 5.41) is 2.33. The Hall–Kier alpha value is -1.21. The van der Waals surface area contributed by atoms with Crippen molar-refractivity contribution in [2.45, 2.75) is 30.3 Å². The van der Waals surface area contributed by atoms with Crippen LogP contribution in [0, 0.1) is 0 Å². The third kappa shape index (κ3) is 6.88. The highest BCUT2D eigenvalue weighted by atomic mass is 127. The van der Waals surface area contributed by atoms with Gasteiger partial charge in [-0.15, -0.1) is 11.8 Å². The summed E-state index contributed by atoms with van der Waals surface area (Å²) in [7, 11) is 0. The molecule has 2 aliphatic heterocycles. The highest BCUT2D eigenvalue weighted by molar-refractivity contribution is 14.1. The largest absolute Gasteiger partial charge is 0.378 e. The fourth-order valence-electron chi connectivity index (χ4n) is 3.50. The molecule has 2 heterocycles. The van der Waals surface area contributed by atoms with Crippen molar-refractivity contribution >= 4 is 52.1 Å². The summed E-state index contributed by atoms with van der Waals surface area (Å²) in [6.45, 7) is 3.95. The molecule has 31 heavy (non-hydrogen) atoms. The van der Waals surface area contributed by atoms with Crippen LogP contribution < -0.4 is 5.32 Å². The maximum atomic E-state index is 12.8. The van der Waals surface area contributed by atoms with Gasteiger partial charge in [0.25, 0.3) is 5.91 Å². The van der Waals surface area contributed by atoms with Crippen LogP contribution in [0.15, 0.2) is 23.1 Å². The van der Waals surface area contributed by atoms with Crippen molar-refractivity contribution in [1.29, 1.82) is 0 Å². The highest BCUT2D eigenvalue weighted by Crippen LogP contribution is 2.34. The van der Waals surface area contributed by atoms with E-state index in [4.69, 9.17) is 14.2 Å². The number of imide groups is 1. The van der Waals surface area contributed by atoms with Gasteiger partial charge in [0.2, 0.25) is 11.8 Å². The van der Waals surface area contributed by atoms with Crippen molar-refractivity contribution in [2.75, 3.05) is 49.8 Å². The van der Waals surface area contributed by atoms with Gasteiger partial charge < -0.3 is 19.1 Å². The van der Waals surface area contributed by atoms with Crippen LogP contribution in [0.3, 0.4) is 0 Å². The maximum absolute atomic E-state index is 12.8. The molecule has 3 rings (SSSR count). The average molecular weight is 562 g/mol. The standard InChI is InChI=1S/C21H27IN2O6S/c22-6-7-28-8-9-29-10-11-30-12-13-31-18-3-1-2-15-16(18)14-24(21(15)27)17-4-5-19(25)23-20(17)26/h1-3,17H,4-14H2,(H,23,25,26). The number of rotatable bonds is 13. The summed E-state index contributed by atoms with van der Waals surface area (Å²) in [5.41, 5.74) is 1.57. The Morgan fingerprint density at radius 1 is 1.03 bits per heavy atom. The van der Waals surface area contributed by atoms with Gasteiger partial charge in [0.05, 0.1) is 39.6 Å². The quantitative estimate of drug-likeness (QED) is 0.129. The first-order chi connectivity index (χ1) is 15.1. The van der Waals surface area contributed by atoms with E-state index in [1.165, 1.54) is 0 Å². The molecule has 2 aliphatic rings. The van der Waals surface area contributed by atoms with Gasteiger partial charge in [-0.3, -0.25) is 19.7 Å². The fourth-order valence-corrected chi connectivity index (χ4v) is 4.76. The minimum atomic E-state index is -0.592. The Morgan fingerprint density at radius 3 is 2.45 bits per heavy atom. The minimum absolute atomic E-state index is 0.150. The number of benzene rings is 1. The van der Waals surface area contributed by atoms with Crippen molar-refractivity contribution in [3.05, 3.63) is 29.3 Å². The zero-order valence-electron chi connectivity index (χ0n) is 17.3. The summed E-state index contributed by atoms with van der Waals surface area (Å²) in [5.74, 6) is -0.0693. The number of nitrogens with one attached hydrogen (secondary N) is 1. The van der Waals surface area contributed by atoms with E-state index in [0.717, 1.165) is 27.2 Å². The van der Waals surface area contributed by atoms with E-state index >= 15 is 0 Å². The SMILES string of the molecule is O=C1CCC(N2Cc3c(SCCOCCOCCOCCI)cccc3C2=O)C(=O)N1. The molecule has 1 atom stereocenters. The fraction of sp³-hybridized carbons (Fsp3) is 0.571. The van der Waals surface area contributed by atoms with Crippen LogP contribution in [-0.2, 0) is 30.3 Å². The lowest BCUT2D eigenvalue weighted by Crippen LogP contribution is -2.52. The number of hydrogen-bond donors (Lipinski definition) is 1. The number of piperidine rings is 1. The van der Waals surface area contributed by atoms with Crippen LogP contribution in [0.5, 0.6) is 0 Å². The monoisotopic (exact) mass is 562 g/mol. The zero-order chi connectivity index (χ0) is 22.1. The first-order valence-electron chi connectivity index (χ1n) is 10.3. The highest BCUT2D eigenvalue weighted by Gasteiger charge is 2.39. The molecule has 0 saturated carbocycles. The van der Waals surface area contributed by atoms with Crippen LogP contribution in [0.1, 0.15) is 28.8 Å². The van der Waals surface area contributed by atoms with Crippen LogP contribution in [-0.4, -0.2) is 78.5 Å². The molecule has 8 nitrogen and oxygen atoms in total. The molecule has 1 aromatic carbocycles. The second-order valence-electron chi connectivity index (χ2n) is 7.06. The molecule has 1 saturated heterocycles. The van der Waals surface area contributed by atoms with Gasteiger partial charge in [0.15, 0.2) is 0 Å². The van der Waals surface area contributed by atoms with E-state index in [2.05, 4.69) is 27.9 Å². The molecular weight excluding hydrogens is 535 g/mol. The van der Waals surface area contributed by atoms with Crippen LogP contribution in [0.2, 0.25) is 0 Å². The van der Waals surface area contributed by atoms with Crippen molar-refractivity contribution in [3.8, 4) is 0 Å². The van der Waals surface area contributed by atoms with Crippen molar-refractivity contribution < 1.29 is 28.6 Å². The van der Waals surface area contributed by atoms with Gasteiger partial charge in [-0.1, -0.05) is 28.7 Å². The summed E-state index contributed by atoms with van der Waals surface area (Å²) in [6, 6.07) is 5.06. The predicted octanol–water partition coefficient (Wildman–Crippen LogP) is 2.02. The lowest BCUT2D eigenvalue weighted by molar-refractivity contribution is -0.136. The topological polar surface area (TPSA) is 94.2 Å². The van der Waals surface area contributed by atoms with Gasteiger partial charge >= 0.3 is 0 Å². The van der Waals surface area contributed by atoms with Gasteiger partial charge in [-0.25, -0.2) is 0 Å². The number of nitrogens with zero attached hydrogens (tertiary/aromatic N) is 1. The molecule has 0 spiro atoms.